The SMILES string of the molecule is C=C(ONC=O)c1ccc(C)cc1. The molecule has 1 amide bonds. The molecular weight excluding hydrogens is 166 g/mol. The highest BCUT2D eigenvalue weighted by molar-refractivity contribution is 5.58. The topological polar surface area (TPSA) is 38.3 Å². The molecule has 0 atom stereocenters. The minimum Gasteiger partial charge on any atom is -0.380 e. The fraction of sp³-hybridized carbons (Fsp3) is 0.100. The van der Waals surface area contributed by atoms with Gasteiger partial charge in [0.1, 0.15) is 0 Å². The normalized spacial score (nSPS) is 9.00. The summed E-state index contributed by atoms with van der Waals surface area (Å²) in [6.45, 7) is 5.65. The van der Waals surface area contributed by atoms with Gasteiger partial charge in [0.05, 0.1) is 0 Å². The van der Waals surface area contributed by atoms with Crippen LogP contribution in [0.25, 0.3) is 5.76 Å². The monoisotopic (exact) mass is 177 g/mol. The van der Waals surface area contributed by atoms with Gasteiger partial charge in [-0.2, -0.15) is 5.48 Å². The van der Waals surface area contributed by atoms with Gasteiger partial charge in [-0.25, -0.2) is 0 Å². The van der Waals surface area contributed by atoms with E-state index in [1.54, 1.807) is 0 Å². The average molecular weight is 177 g/mol. The summed E-state index contributed by atoms with van der Waals surface area (Å²) < 4.78 is 0. The molecule has 1 aromatic rings. The van der Waals surface area contributed by atoms with Crippen molar-refractivity contribution in [2.75, 3.05) is 0 Å². The lowest BCUT2D eigenvalue weighted by atomic mass is 10.1. The Labute approximate surface area is 77.0 Å². The van der Waals surface area contributed by atoms with E-state index in [1.807, 2.05) is 31.2 Å². The van der Waals surface area contributed by atoms with E-state index in [2.05, 4.69) is 12.1 Å². The summed E-state index contributed by atoms with van der Waals surface area (Å²) in [6.07, 6.45) is 0.458. The minimum absolute atomic E-state index is 0.423. The predicted molar refractivity (Wildman–Crippen MR) is 50.5 cm³/mol. The number of carbonyl (C=O) groups excluding carboxylic acids is 1. The largest absolute Gasteiger partial charge is 0.380 e. The molecule has 1 rings (SSSR count). The quantitative estimate of drug-likeness (QED) is 0.431. The van der Waals surface area contributed by atoms with Crippen LogP contribution >= 0.6 is 0 Å². The molecule has 0 aromatic heterocycles. The Morgan fingerprint density at radius 3 is 2.62 bits per heavy atom. The molecule has 1 aromatic carbocycles. The Hall–Kier alpha value is -1.77. The number of hydrogen-bond donors (Lipinski definition) is 1. The van der Waals surface area contributed by atoms with E-state index in [0.29, 0.717) is 12.2 Å². The summed E-state index contributed by atoms with van der Waals surface area (Å²) in [5, 5.41) is 0. The summed E-state index contributed by atoms with van der Waals surface area (Å²) in [4.78, 5) is 14.7. The number of hydrogen-bond acceptors (Lipinski definition) is 2. The average Bonchev–Trinajstić information content (AvgIpc) is 2.15. The van der Waals surface area contributed by atoms with Crippen molar-refractivity contribution in [1.29, 1.82) is 0 Å². The number of aryl methyl sites for hydroxylation is 1. The van der Waals surface area contributed by atoms with Gasteiger partial charge in [0.15, 0.2) is 5.76 Å². The molecule has 3 nitrogen and oxygen atoms in total. The standard InChI is InChI=1S/C10H11NO2/c1-8-3-5-10(6-4-8)9(2)13-11-7-12/h3-7H,2H2,1H3,(H,11,12). The first-order valence-electron chi connectivity index (χ1n) is 3.86. The summed E-state index contributed by atoms with van der Waals surface area (Å²) in [5.41, 5.74) is 4.09. The number of rotatable bonds is 4. The molecule has 13 heavy (non-hydrogen) atoms. The van der Waals surface area contributed by atoms with Crippen LogP contribution in [-0.2, 0) is 9.63 Å². The molecule has 0 saturated heterocycles. The molecule has 0 bridgehead atoms. The third-order valence-electron chi connectivity index (χ3n) is 1.60. The maximum absolute atomic E-state index is 9.92. The van der Waals surface area contributed by atoms with Gasteiger partial charge in [0.2, 0.25) is 6.41 Å². The summed E-state index contributed by atoms with van der Waals surface area (Å²) in [6, 6.07) is 7.66. The van der Waals surface area contributed by atoms with Gasteiger partial charge >= 0.3 is 0 Å². The maximum Gasteiger partial charge on any atom is 0.239 e. The Morgan fingerprint density at radius 2 is 2.08 bits per heavy atom. The van der Waals surface area contributed by atoms with Gasteiger partial charge in [-0.15, -0.1) is 0 Å². The van der Waals surface area contributed by atoms with Crippen molar-refractivity contribution < 1.29 is 9.63 Å². The van der Waals surface area contributed by atoms with Gasteiger partial charge in [-0.1, -0.05) is 36.4 Å². The maximum atomic E-state index is 9.92. The zero-order valence-corrected chi connectivity index (χ0v) is 7.41. The van der Waals surface area contributed by atoms with Gasteiger partial charge in [0.25, 0.3) is 0 Å². The fourth-order valence-electron chi connectivity index (χ4n) is 0.894. The Bertz CT molecular complexity index is 303. The van der Waals surface area contributed by atoms with Gasteiger partial charge in [0, 0.05) is 5.56 Å². The molecule has 0 heterocycles. The molecule has 3 heteroatoms. The van der Waals surface area contributed by atoms with Crippen molar-refractivity contribution in [3.63, 3.8) is 0 Å². The van der Waals surface area contributed by atoms with Crippen molar-refractivity contribution in [3.8, 4) is 0 Å². The van der Waals surface area contributed by atoms with Crippen molar-refractivity contribution in [3.05, 3.63) is 42.0 Å². The number of nitrogens with one attached hydrogen (secondary N) is 1. The lowest BCUT2D eigenvalue weighted by Crippen LogP contribution is -2.09. The lowest BCUT2D eigenvalue weighted by Gasteiger charge is -2.05. The van der Waals surface area contributed by atoms with Crippen molar-refractivity contribution in [2.45, 2.75) is 6.92 Å². The summed E-state index contributed by atoms with van der Waals surface area (Å²) in [5.74, 6) is 0.423. The van der Waals surface area contributed by atoms with E-state index in [-0.39, 0.29) is 0 Å². The van der Waals surface area contributed by atoms with E-state index >= 15 is 0 Å². The highest BCUT2D eigenvalue weighted by atomic mass is 16.7. The second kappa shape index (κ2) is 4.30. The van der Waals surface area contributed by atoms with Crippen LogP contribution < -0.4 is 5.48 Å². The molecule has 0 spiro atoms. The van der Waals surface area contributed by atoms with Crippen LogP contribution in [0.15, 0.2) is 30.8 Å². The molecule has 0 saturated carbocycles. The van der Waals surface area contributed by atoms with Crippen molar-refractivity contribution in [1.82, 2.24) is 5.48 Å². The van der Waals surface area contributed by atoms with Gasteiger partial charge < -0.3 is 4.84 Å². The first kappa shape index (κ1) is 9.32. The lowest BCUT2D eigenvalue weighted by molar-refractivity contribution is -0.116. The molecule has 68 valence electrons. The smallest absolute Gasteiger partial charge is 0.239 e. The number of benzene rings is 1. The van der Waals surface area contributed by atoms with E-state index in [4.69, 9.17) is 4.84 Å². The third kappa shape index (κ3) is 2.63. The Morgan fingerprint density at radius 1 is 1.46 bits per heavy atom. The first-order valence-corrected chi connectivity index (χ1v) is 3.86. The number of hydroxylamine groups is 1. The Balaban J connectivity index is 2.66. The molecule has 1 N–H and O–H groups in total. The molecular formula is C10H11NO2. The molecule has 0 aliphatic carbocycles. The molecule has 0 aliphatic heterocycles. The van der Waals surface area contributed by atoms with Crippen LogP contribution in [0.2, 0.25) is 0 Å². The van der Waals surface area contributed by atoms with Crippen LogP contribution in [0, 0.1) is 6.92 Å². The van der Waals surface area contributed by atoms with Gasteiger partial charge in [-0.3, -0.25) is 4.79 Å². The van der Waals surface area contributed by atoms with E-state index in [0.717, 1.165) is 5.56 Å². The molecule has 0 fully saturated rings. The summed E-state index contributed by atoms with van der Waals surface area (Å²) in [7, 11) is 0. The first-order chi connectivity index (χ1) is 6.24. The molecule has 0 aliphatic rings. The highest BCUT2D eigenvalue weighted by Crippen LogP contribution is 2.12. The Kier molecular flexibility index (Phi) is 3.09. The van der Waals surface area contributed by atoms with Crippen LogP contribution in [-0.4, -0.2) is 6.41 Å². The zero-order chi connectivity index (χ0) is 9.68. The van der Waals surface area contributed by atoms with Crippen LogP contribution in [0.1, 0.15) is 11.1 Å². The predicted octanol–water partition coefficient (Wildman–Crippen LogP) is 1.64. The molecule has 0 radical (unpaired) electrons. The van der Waals surface area contributed by atoms with Crippen LogP contribution in [0.5, 0.6) is 0 Å². The van der Waals surface area contributed by atoms with E-state index in [9.17, 15) is 4.79 Å². The van der Waals surface area contributed by atoms with Crippen LogP contribution in [0.4, 0.5) is 0 Å². The third-order valence-corrected chi connectivity index (χ3v) is 1.60. The van der Waals surface area contributed by atoms with Crippen molar-refractivity contribution >= 4 is 12.2 Å². The second-order valence-electron chi connectivity index (χ2n) is 2.63. The van der Waals surface area contributed by atoms with E-state index < -0.39 is 0 Å². The number of amides is 1. The fourth-order valence-corrected chi connectivity index (χ4v) is 0.894. The van der Waals surface area contributed by atoms with Crippen molar-refractivity contribution in [2.24, 2.45) is 0 Å². The van der Waals surface area contributed by atoms with Crippen LogP contribution in [0.3, 0.4) is 0 Å². The summed E-state index contributed by atoms with van der Waals surface area (Å²) >= 11 is 0. The minimum atomic E-state index is 0.423. The van der Waals surface area contributed by atoms with E-state index in [1.165, 1.54) is 5.56 Å². The zero-order valence-electron chi connectivity index (χ0n) is 7.41. The van der Waals surface area contributed by atoms with Gasteiger partial charge in [-0.05, 0) is 6.92 Å². The molecule has 0 unspecified atom stereocenters. The second-order valence-corrected chi connectivity index (χ2v) is 2.63. The number of carbonyl (C=O) groups is 1. The highest BCUT2D eigenvalue weighted by Gasteiger charge is 1.98.